The number of esters is 1. The van der Waals surface area contributed by atoms with E-state index in [1.165, 1.54) is 0 Å². The fraction of sp³-hybridized carbons (Fsp3) is 0.125. The molecule has 0 N–H and O–H groups in total. The third kappa shape index (κ3) is 3.93. The Hall–Kier alpha value is -1.65. The maximum absolute atomic E-state index is 12.2. The van der Waals surface area contributed by atoms with Crippen molar-refractivity contribution in [3.05, 3.63) is 69.2 Å². The molecule has 3 nitrogen and oxygen atoms in total. The summed E-state index contributed by atoms with van der Waals surface area (Å²) in [6.45, 7) is 1.54. The number of hydrogen-bond acceptors (Lipinski definition) is 3. The molecule has 0 spiro atoms. The van der Waals surface area contributed by atoms with E-state index >= 15 is 0 Å². The van der Waals surface area contributed by atoms with Gasteiger partial charge in [-0.1, -0.05) is 51.8 Å². The third-order valence-corrected chi connectivity index (χ3v) is 3.73. The van der Waals surface area contributed by atoms with Crippen LogP contribution >= 0.6 is 27.5 Å². The molecule has 0 heterocycles. The van der Waals surface area contributed by atoms with Crippen molar-refractivity contribution in [2.75, 3.05) is 0 Å². The van der Waals surface area contributed by atoms with Gasteiger partial charge in [0.2, 0.25) is 5.78 Å². The summed E-state index contributed by atoms with van der Waals surface area (Å²) in [7, 11) is 0. The first-order valence-electron chi connectivity index (χ1n) is 6.24. The van der Waals surface area contributed by atoms with E-state index in [-0.39, 0.29) is 11.3 Å². The van der Waals surface area contributed by atoms with Crippen LogP contribution in [0.3, 0.4) is 0 Å². The molecule has 2 rings (SSSR count). The van der Waals surface area contributed by atoms with Crippen LogP contribution in [-0.2, 0) is 4.74 Å². The van der Waals surface area contributed by atoms with Crippen molar-refractivity contribution < 1.29 is 14.3 Å². The van der Waals surface area contributed by atoms with E-state index in [4.69, 9.17) is 16.3 Å². The van der Waals surface area contributed by atoms with E-state index < -0.39 is 12.1 Å². The predicted octanol–water partition coefficient (Wildman–Crippen LogP) is 4.53. The predicted molar refractivity (Wildman–Crippen MR) is 84.8 cm³/mol. The molecular weight excluding hydrogens is 356 g/mol. The normalized spacial score (nSPS) is 11.8. The molecule has 0 aliphatic carbocycles. The summed E-state index contributed by atoms with van der Waals surface area (Å²) in [5, 5.41) is 0.297. The van der Waals surface area contributed by atoms with Crippen LogP contribution < -0.4 is 0 Å². The lowest BCUT2D eigenvalue weighted by molar-refractivity contribution is 0.0319. The highest BCUT2D eigenvalue weighted by Crippen LogP contribution is 2.18. The molecule has 0 saturated heterocycles. The lowest BCUT2D eigenvalue weighted by Crippen LogP contribution is -2.24. The van der Waals surface area contributed by atoms with Crippen LogP contribution in [0.4, 0.5) is 0 Å². The molecule has 0 bridgehead atoms. The maximum Gasteiger partial charge on any atom is 0.340 e. The number of ether oxygens (including phenoxy) is 1. The smallest absolute Gasteiger partial charge is 0.340 e. The molecule has 108 valence electrons. The first kappa shape index (κ1) is 15.7. The lowest BCUT2D eigenvalue weighted by atomic mass is 10.1. The number of hydrogen-bond donors (Lipinski definition) is 0. The Morgan fingerprint density at radius 1 is 1.10 bits per heavy atom. The number of ketones is 1. The Balaban J connectivity index is 2.09. The largest absolute Gasteiger partial charge is 0.451 e. The highest BCUT2D eigenvalue weighted by molar-refractivity contribution is 9.10. The van der Waals surface area contributed by atoms with Gasteiger partial charge in [-0.2, -0.15) is 0 Å². The van der Waals surface area contributed by atoms with Crippen LogP contribution in [-0.4, -0.2) is 17.9 Å². The molecule has 0 radical (unpaired) electrons. The van der Waals surface area contributed by atoms with Gasteiger partial charge in [-0.3, -0.25) is 4.79 Å². The number of carbonyl (C=O) groups is 2. The third-order valence-electron chi connectivity index (χ3n) is 2.88. The van der Waals surface area contributed by atoms with Crippen molar-refractivity contribution in [3.8, 4) is 0 Å². The van der Waals surface area contributed by atoms with Crippen molar-refractivity contribution >= 4 is 39.3 Å². The molecule has 0 saturated carbocycles. The number of Topliss-reactive ketones (excluding diaryl/α,β-unsaturated/α-hetero) is 1. The van der Waals surface area contributed by atoms with Crippen LogP contribution in [0.2, 0.25) is 5.02 Å². The minimum atomic E-state index is -0.880. The first-order valence-corrected chi connectivity index (χ1v) is 7.41. The van der Waals surface area contributed by atoms with Gasteiger partial charge in [0.15, 0.2) is 6.10 Å². The first-order chi connectivity index (χ1) is 9.99. The second kappa shape index (κ2) is 6.87. The van der Waals surface area contributed by atoms with E-state index in [0.717, 1.165) is 4.47 Å². The summed E-state index contributed by atoms with van der Waals surface area (Å²) in [4.78, 5) is 24.2. The van der Waals surface area contributed by atoms with Gasteiger partial charge in [0.1, 0.15) is 0 Å². The van der Waals surface area contributed by atoms with Crippen molar-refractivity contribution in [3.63, 3.8) is 0 Å². The summed E-state index contributed by atoms with van der Waals surface area (Å²) >= 11 is 9.22. The van der Waals surface area contributed by atoms with E-state index in [1.54, 1.807) is 55.5 Å². The van der Waals surface area contributed by atoms with E-state index in [1.807, 2.05) is 0 Å². The zero-order valence-corrected chi connectivity index (χ0v) is 13.5. The van der Waals surface area contributed by atoms with Crippen molar-refractivity contribution in [2.24, 2.45) is 0 Å². The van der Waals surface area contributed by atoms with Gasteiger partial charge >= 0.3 is 5.97 Å². The van der Waals surface area contributed by atoms with Crippen LogP contribution in [0.1, 0.15) is 27.6 Å². The Morgan fingerprint density at radius 3 is 2.33 bits per heavy atom. The maximum atomic E-state index is 12.2. The Kier molecular flexibility index (Phi) is 5.15. The van der Waals surface area contributed by atoms with Gasteiger partial charge in [0, 0.05) is 10.0 Å². The molecule has 0 fully saturated rings. The Labute approximate surface area is 136 Å². The van der Waals surface area contributed by atoms with Crippen molar-refractivity contribution in [2.45, 2.75) is 13.0 Å². The van der Waals surface area contributed by atoms with E-state index in [9.17, 15) is 9.59 Å². The quantitative estimate of drug-likeness (QED) is 0.589. The summed E-state index contributed by atoms with van der Waals surface area (Å²) < 4.78 is 6.05. The SMILES string of the molecule is CC(OC(=O)c1ccccc1Cl)C(=O)c1ccc(Br)cc1. The van der Waals surface area contributed by atoms with Gasteiger partial charge in [0.05, 0.1) is 10.6 Å². The van der Waals surface area contributed by atoms with Gasteiger partial charge in [0.25, 0.3) is 0 Å². The summed E-state index contributed by atoms with van der Waals surface area (Å²) in [5.74, 6) is -0.874. The van der Waals surface area contributed by atoms with Crippen molar-refractivity contribution in [1.82, 2.24) is 0 Å². The summed E-state index contributed by atoms with van der Waals surface area (Å²) in [6, 6.07) is 13.4. The Morgan fingerprint density at radius 2 is 1.71 bits per heavy atom. The van der Waals surface area contributed by atoms with E-state index in [2.05, 4.69) is 15.9 Å². The standard InChI is InChI=1S/C16H12BrClO3/c1-10(15(19)11-6-8-12(17)9-7-11)21-16(20)13-4-2-3-5-14(13)18/h2-10H,1H3. The second-order valence-corrected chi connectivity index (χ2v) is 5.72. The topological polar surface area (TPSA) is 43.4 Å². The molecule has 2 aromatic rings. The molecule has 21 heavy (non-hydrogen) atoms. The number of rotatable bonds is 4. The summed E-state index contributed by atoms with van der Waals surface area (Å²) in [6.07, 6.45) is -0.880. The van der Waals surface area contributed by atoms with Crippen LogP contribution in [0.5, 0.6) is 0 Å². The molecule has 1 atom stereocenters. The minimum absolute atomic E-state index is 0.245. The lowest BCUT2D eigenvalue weighted by Gasteiger charge is -2.13. The zero-order chi connectivity index (χ0) is 15.4. The average Bonchev–Trinajstić information content (AvgIpc) is 2.47. The van der Waals surface area contributed by atoms with Crippen LogP contribution in [0.15, 0.2) is 53.0 Å². The second-order valence-electron chi connectivity index (χ2n) is 4.40. The van der Waals surface area contributed by atoms with Gasteiger partial charge in [-0.25, -0.2) is 4.79 Å². The van der Waals surface area contributed by atoms with Crippen LogP contribution in [0.25, 0.3) is 0 Å². The highest BCUT2D eigenvalue weighted by atomic mass is 79.9. The molecule has 0 aliphatic rings. The fourth-order valence-electron chi connectivity index (χ4n) is 1.75. The molecule has 2 aromatic carbocycles. The highest BCUT2D eigenvalue weighted by Gasteiger charge is 2.21. The summed E-state index contributed by atoms with van der Waals surface area (Å²) in [5.41, 5.74) is 0.729. The molecule has 0 aliphatic heterocycles. The number of halogens is 2. The number of carbonyl (C=O) groups excluding carboxylic acids is 2. The minimum Gasteiger partial charge on any atom is -0.451 e. The Bertz CT molecular complexity index is 667. The van der Waals surface area contributed by atoms with Gasteiger partial charge in [-0.15, -0.1) is 0 Å². The van der Waals surface area contributed by atoms with Gasteiger partial charge in [-0.05, 0) is 31.2 Å². The molecule has 1 unspecified atom stereocenters. The fourth-order valence-corrected chi connectivity index (χ4v) is 2.23. The van der Waals surface area contributed by atoms with Gasteiger partial charge < -0.3 is 4.74 Å². The molecule has 0 amide bonds. The van der Waals surface area contributed by atoms with Crippen LogP contribution in [0, 0.1) is 0 Å². The molecule has 5 heteroatoms. The molecule has 0 aromatic heterocycles. The van der Waals surface area contributed by atoms with Crippen molar-refractivity contribution in [1.29, 1.82) is 0 Å². The monoisotopic (exact) mass is 366 g/mol. The van der Waals surface area contributed by atoms with E-state index in [0.29, 0.717) is 10.6 Å². The number of benzene rings is 2. The average molecular weight is 368 g/mol. The zero-order valence-electron chi connectivity index (χ0n) is 11.2. The molecular formula is C16H12BrClO3.